The average molecular weight is 296 g/mol. The molecule has 0 amide bonds. The van der Waals surface area contributed by atoms with Crippen molar-refractivity contribution in [2.75, 3.05) is 7.11 Å². The van der Waals surface area contributed by atoms with Crippen LogP contribution in [-0.2, 0) is 9.47 Å². The molecule has 0 N–H and O–H groups in total. The molecule has 0 saturated carbocycles. The lowest BCUT2D eigenvalue weighted by Gasteiger charge is -2.11. The Kier molecular flexibility index (Phi) is 10.0. The highest BCUT2D eigenvalue weighted by molar-refractivity contribution is 5.61. The molecule has 0 heterocycles. The number of ether oxygens (including phenoxy) is 2. The predicted octanol–water partition coefficient (Wildman–Crippen LogP) is 5.98. The largest absolute Gasteiger partial charge is 0.513 e. The van der Waals surface area contributed by atoms with Gasteiger partial charge in [-0.15, -0.1) is 0 Å². The van der Waals surface area contributed by atoms with Crippen molar-refractivity contribution >= 4 is 6.16 Å². The van der Waals surface area contributed by atoms with Gasteiger partial charge in [-0.1, -0.05) is 64.7 Å². The zero-order valence-corrected chi connectivity index (χ0v) is 13.9. The van der Waals surface area contributed by atoms with E-state index >= 15 is 0 Å². The van der Waals surface area contributed by atoms with Gasteiger partial charge in [0.15, 0.2) is 0 Å². The Morgan fingerprint density at radius 1 is 0.952 bits per heavy atom. The molecule has 3 nitrogen and oxygen atoms in total. The molecule has 0 radical (unpaired) electrons. The molecule has 0 aromatic heterocycles. The zero-order chi connectivity index (χ0) is 15.3. The van der Waals surface area contributed by atoms with Gasteiger partial charge in [0.2, 0.25) is 0 Å². The van der Waals surface area contributed by atoms with Gasteiger partial charge in [0, 0.05) is 6.42 Å². The van der Waals surface area contributed by atoms with Crippen LogP contribution >= 0.6 is 0 Å². The van der Waals surface area contributed by atoms with Gasteiger partial charge < -0.3 is 9.47 Å². The van der Waals surface area contributed by atoms with Crippen LogP contribution in [0.1, 0.15) is 84.0 Å². The maximum atomic E-state index is 11.3. The van der Waals surface area contributed by atoms with Crippen LogP contribution in [-0.4, -0.2) is 13.3 Å². The predicted molar refractivity (Wildman–Crippen MR) is 86.1 cm³/mol. The Balaban J connectivity index is 2.52. The van der Waals surface area contributed by atoms with Crippen LogP contribution in [0, 0.1) is 5.92 Å². The van der Waals surface area contributed by atoms with E-state index in [9.17, 15) is 4.79 Å². The molecule has 1 unspecified atom stereocenters. The van der Waals surface area contributed by atoms with E-state index in [0.29, 0.717) is 5.92 Å². The SMILES string of the molecule is COC(=O)O/C1=C/C(C)CCCCCCCCCCCC1. The van der Waals surface area contributed by atoms with Gasteiger partial charge in [-0.05, 0) is 24.8 Å². The first-order valence-electron chi connectivity index (χ1n) is 8.69. The molecule has 0 aliphatic heterocycles. The summed E-state index contributed by atoms with van der Waals surface area (Å²) in [6.45, 7) is 2.21. The van der Waals surface area contributed by atoms with Gasteiger partial charge in [-0.2, -0.15) is 0 Å². The summed E-state index contributed by atoms with van der Waals surface area (Å²) < 4.78 is 9.91. The van der Waals surface area contributed by atoms with Gasteiger partial charge in [0.05, 0.1) is 7.11 Å². The van der Waals surface area contributed by atoms with Crippen LogP contribution in [0.15, 0.2) is 11.8 Å². The van der Waals surface area contributed by atoms with Crippen molar-refractivity contribution in [1.82, 2.24) is 0 Å². The Bertz CT molecular complexity index is 310. The minimum atomic E-state index is -0.591. The summed E-state index contributed by atoms with van der Waals surface area (Å²) in [4.78, 5) is 11.3. The molecule has 1 rings (SSSR count). The number of allylic oxidation sites excluding steroid dienone is 2. The number of hydrogen-bond donors (Lipinski definition) is 0. The summed E-state index contributed by atoms with van der Waals surface area (Å²) in [6.07, 6.45) is 16.6. The summed E-state index contributed by atoms with van der Waals surface area (Å²) >= 11 is 0. The second-order valence-corrected chi connectivity index (χ2v) is 6.24. The Labute approximate surface area is 130 Å². The highest BCUT2D eigenvalue weighted by Crippen LogP contribution is 2.20. The van der Waals surface area contributed by atoms with Crippen molar-refractivity contribution in [2.24, 2.45) is 5.92 Å². The first-order valence-corrected chi connectivity index (χ1v) is 8.69. The molecule has 1 atom stereocenters. The van der Waals surface area contributed by atoms with Crippen LogP contribution in [0.4, 0.5) is 4.79 Å². The normalized spacial score (nSPS) is 25.8. The van der Waals surface area contributed by atoms with E-state index in [0.717, 1.165) is 18.6 Å². The number of hydrogen-bond acceptors (Lipinski definition) is 3. The fourth-order valence-corrected chi connectivity index (χ4v) is 2.90. The molecule has 1 aliphatic rings. The second kappa shape index (κ2) is 11.6. The lowest BCUT2D eigenvalue weighted by molar-refractivity contribution is 0.0938. The molecule has 122 valence electrons. The maximum Gasteiger partial charge on any atom is 0.513 e. The second-order valence-electron chi connectivity index (χ2n) is 6.24. The molecule has 0 aromatic carbocycles. The quantitative estimate of drug-likeness (QED) is 0.558. The smallest absolute Gasteiger partial charge is 0.437 e. The Hall–Kier alpha value is -0.990. The number of rotatable bonds is 1. The minimum absolute atomic E-state index is 0.467. The van der Waals surface area contributed by atoms with E-state index < -0.39 is 6.16 Å². The summed E-state index contributed by atoms with van der Waals surface area (Å²) in [5.74, 6) is 1.26. The molecule has 0 bridgehead atoms. The molecular weight excluding hydrogens is 264 g/mol. The zero-order valence-electron chi connectivity index (χ0n) is 13.9. The average Bonchev–Trinajstić information content (AvgIpc) is 2.47. The molecular formula is C18H32O3. The fraction of sp³-hybridized carbons (Fsp3) is 0.833. The van der Waals surface area contributed by atoms with Gasteiger partial charge in [-0.25, -0.2) is 4.79 Å². The third-order valence-electron chi connectivity index (χ3n) is 4.18. The summed E-state index contributed by atoms with van der Waals surface area (Å²) in [5.41, 5.74) is 0. The highest BCUT2D eigenvalue weighted by Gasteiger charge is 2.09. The Morgan fingerprint density at radius 2 is 1.48 bits per heavy atom. The molecule has 0 spiro atoms. The molecule has 0 fully saturated rings. The lowest BCUT2D eigenvalue weighted by Crippen LogP contribution is -2.06. The van der Waals surface area contributed by atoms with Crippen molar-refractivity contribution in [3.8, 4) is 0 Å². The third-order valence-corrected chi connectivity index (χ3v) is 4.18. The van der Waals surface area contributed by atoms with Gasteiger partial charge in [0.1, 0.15) is 5.76 Å². The number of methoxy groups -OCH3 is 1. The Morgan fingerprint density at radius 3 is 2.05 bits per heavy atom. The van der Waals surface area contributed by atoms with Gasteiger partial charge >= 0.3 is 6.16 Å². The van der Waals surface area contributed by atoms with Crippen LogP contribution < -0.4 is 0 Å². The maximum absolute atomic E-state index is 11.3. The monoisotopic (exact) mass is 296 g/mol. The van der Waals surface area contributed by atoms with E-state index in [1.807, 2.05) is 0 Å². The summed E-state index contributed by atoms with van der Waals surface area (Å²) in [7, 11) is 1.36. The van der Waals surface area contributed by atoms with Crippen molar-refractivity contribution in [3.05, 3.63) is 11.8 Å². The highest BCUT2D eigenvalue weighted by atomic mass is 16.7. The van der Waals surface area contributed by atoms with Crippen LogP contribution in [0.3, 0.4) is 0 Å². The first-order chi connectivity index (χ1) is 10.2. The van der Waals surface area contributed by atoms with E-state index in [1.54, 1.807) is 0 Å². The third kappa shape index (κ3) is 9.54. The molecule has 3 heteroatoms. The van der Waals surface area contributed by atoms with Crippen molar-refractivity contribution < 1.29 is 14.3 Å². The number of carbonyl (C=O) groups is 1. The van der Waals surface area contributed by atoms with E-state index in [2.05, 4.69) is 17.7 Å². The lowest BCUT2D eigenvalue weighted by atomic mass is 10.0. The van der Waals surface area contributed by atoms with Crippen molar-refractivity contribution in [3.63, 3.8) is 0 Å². The number of carbonyl (C=O) groups excluding carboxylic acids is 1. The molecule has 1 aliphatic carbocycles. The van der Waals surface area contributed by atoms with Crippen LogP contribution in [0.25, 0.3) is 0 Å². The minimum Gasteiger partial charge on any atom is -0.437 e. The van der Waals surface area contributed by atoms with Gasteiger partial charge in [-0.3, -0.25) is 0 Å². The molecule has 21 heavy (non-hydrogen) atoms. The van der Waals surface area contributed by atoms with E-state index in [-0.39, 0.29) is 0 Å². The summed E-state index contributed by atoms with van der Waals surface area (Å²) in [5, 5.41) is 0. The summed E-state index contributed by atoms with van der Waals surface area (Å²) in [6, 6.07) is 0. The van der Waals surface area contributed by atoms with Gasteiger partial charge in [0.25, 0.3) is 0 Å². The fourth-order valence-electron chi connectivity index (χ4n) is 2.90. The van der Waals surface area contributed by atoms with E-state index in [4.69, 9.17) is 4.74 Å². The first kappa shape index (κ1) is 18.1. The van der Waals surface area contributed by atoms with Crippen LogP contribution in [0.5, 0.6) is 0 Å². The van der Waals surface area contributed by atoms with Crippen LogP contribution in [0.2, 0.25) is 0 Å². The standard InChI is InChI=1S/C18H32O3/c1-16-13-11-9-7-5-3-4-6-8-10-12-14-17(15-16)21-18(19)20-2/h15-16H,3-14H2,1-2H3/b17-15+. The van der Waals surface area contributed by atoms with Crippen molar-refractivity contribution in [1.29, 1.82) is 0 Å². The molecule has 0 saturated heterocycles. The van der Waals surface area contributed by atoms with E-state index in [1.165, 1.54) is 71.3 Å². The topological polar surface area (TPSA) is 35.5 Å². The molecule has 0 aromatic rings. The van der Waals surface area contributed by atoms with Crippen molar-refractivity contribution in [2.45, 2.75) is 84.0 Å².